The molecule has 0 spiro atoms. The molecular formula is C24H25ClFN5O2. The lowest BCUT2D eigenvalue weighted by molar-refractivity contribution is 0.0930. The van der Waals surface area contributed by atoms with Gasteiger partial charge >= 0.3 is 0 Å². The molecule has 0 saturated carbocycles. The summed E-state index contributed by atoms with van der Waals surface area (Å²) in [5, 5.41) is 20.2. The van der Waals surface area contributed by atoms with Gasteiger partial charge in [0.15, 0.2) is 0 Å². The van der Waals surface area contributed by atoms with Gasteiger partial charge in [-0.15, -0.1) is 0 Å². The third-order valence-corrected chi connectivity index (χ3v) is 5.84. The van der Waals surface area contributed by atoms with Crippen molar-refractivity contribution in [2.45, 2.75) is 25.6 Å². The van der Waals surface area contributed by atoms with E-state index in [1.54, 1.807) is 42.5 Å². The average molecular weight is 470 g/mol. The van der Waals surface area contributed by atoms with E-state index in [2.05, 4.69) is 20.9 Å². The van der Waals surface area contributed by atoms with Crippen LogP contribution in [0.2, 0.25) is 5.02 Å². The van der Waals surface area contributed by atoms with Crippen molar-refractivity contribution < 1.29 is 14.3 Å². The molecule has 1 fully saturated rings. The highest BCUT2D eigenvalue weighted by Gasteiger charge is 2.19. The number of amides is 1. The zero-order valence-electron chi connectivity index (χ0n) is 17.9. The first-order valence-electron chi connectivity index (χ1n) is 10.7. The number of alkyl halides is 1. The smallest absolute Gasteiger partial charge is 0.255 e. The highest BCUT2D eigenvalue weighted by molar-refractivity contribution is 6.30. The van der Waals surface area contributed by atoms with Crippen molar-refractivity contribution in [3.8, 4) is 17.0 Å². The van der Waals surface area contributed by atoms with Gasteiger partial charge in [0, 0.05) is 33.6 Å². The molecule has 7 nitrogen and oxygen atoms in total. The van der Waals surface area contributed by atoms with Crippen molar-refractivity contribution in [2.24, 2.45) is 0 Å². The monoisotopic (exact) mass is 469 g/mol. The van der Waals surface area contributed by atoms with Gasteiger partial charge in [0.25, 0.3) is 5.91 Å². The van der Waals surface area contributed by atoms with Crippen molar-refractivity contribution in [2.75, 3.05) is 24.1 Å². The van der Waals surface area contributed by atoms with E-state index in [4.69, 9.17) is 17.3 Å². The van der Waals surface area contributed by atoms with Gasteiger partial charge in [0.1, 0.15) is 18.2 Å². The Kier molecular flexibility index (Phi) is 6.96. The van der Waals surface area contributed by atoms with E-state index >= 15 is 0 Å². The lowest BCUT2D eigenvalue weighted by Crippen LogP contribution is -2.42. The highest BCUT2D eigenvalue weighted by Crippen LogP contribution is 2.33. The minimum absolute atomic E-state index is 0.00109. The minimum atomic E-state index is -0.674. The molecular weight excluding hydrogens is 445 g/mol. The third-order valence-electron chi connectivity index (χ3n) is 5.61. The fourth-order valence-corrected chi connectivity index (χ4v) is 4.01. The molecule has 1 amide bonds. The van der Waals surface area contributed by atoms with Crippen LogP contribution in [-0.4, -0.2) is 35.1 Å². The zero-order valence-corrected chi connectivity index (χ0v) is 18.6. The summed E-state index contributed by atoms with van der Waals surface area (Å²) >= 11 is 5.95. The molecule has 0 bridgehead atoms. The van der Waals surface area contributed by atoms with Gasteiger partial charge in [0.05, 0.1) is 11.3 Å². The molecule has 0 aliphatic carbocycles. The van der Waals surface area contributed by atoms with E-state index in [0.29, 0.717) is 38.8 Å². The number of aromatic nitrogens is 1. The molecule has 33 heavy (non-hydrogen) atoms. The van der Waals surface area contributed by atoms with Gasteiger partial charge in [-0.1, -0.05) is 11.6 Å². The Morgan fingerprint density at radius 3 is 2.70 bits per heavy atom. The second kappa shape index (κ2) is 10.1. The molecule has 1 aliphatic heterocycles. The number of piperidine rings is 1. The van der Waals surface area contributed by atoms with Crippen molar-refractivity contribution in [1.82, 2.24) is 15.6 Å². The predicted molar refractivity (Wildman–Crippen MR) is 129 cm³/mol. The largest absolute Gasteiger partial charge is 0.507 e. The van der Waals surface area contributed by atoms with Crippen LogP contribution in [0.5, 0.6) is 5.75 Å². The van der Waals surface area contributed by atoms with Crippen LogP contribution in [-0.2, 0) is 6.67 Å². The Hall–Kier alpha value is -3.36. The number of hydrogen-bond donors (Lipinski definition) is 5. The average Bonchev–Trinajstić information content (AvgIpc) is 2.81. The number of nitrogen functional groups attached to an aromatic ring is 1. The van der Waals surface area contributed by atoms with Crippen LogP contribution in [0.4, 0.5) is 21.6 Å². The van der Waals surface area contributed by atoms with E-state index in [9.17, 15) is 14.3 Å². The summed E-state index contributed by atoms with van der Waals surface area (Å²) in [4.78, 5) is 17.0. The van der Waals surface area contributed by atoms with E-state index in [-0.39, 0.29) is 23.5 Å². The molecule has 3 aromatic rings. The molecule has 0 atom stereocenters. The molecule has 2 heterocycles. The van der Waals surface area contributed by atoms with Crippen LogP contribution in [0.15, 0.2) is 48.5 Å². The van der Waals surface area contributed by atoms with Crippen LogP contribution in [0.25, 0.3) is 11.3 Å². The first-order chi connectivity index (χ1) is 15.9. The predicted octanol–water partition coefficient (Wildman–Crippen LogP) is 4.38. The molecule has 4 rings (SSSR count). The number of pyridine rings is 1. The van der Waals surface area contributed by atoms with E-state index in [1.165, 1.54) is 6.07 Å². The van der Waals surface area contributed by atoms with Crippen LogP contribution in [0.1, 0.15) is 28.8 Å². The second-order valence-electron chi connectivity index (χ2n) is 7.92. The number of carbonyl (C=O) groups excluding carboxylic acids is 1. The molecule has 1 saturated heterocycles. The number of phenols is 1. The summed E-state index contributed by atoms with van der Waals surface area (Å²) in [5.41, 5.74) is 8.82. The van der Waals surface area contributed by atoms with Crippen molar-refractivity contribution >= 4 is 34.7 Å². The van der Waals surface area contributed by atoms with Crippen molar-refractivity contribution in [3.05, 3.63) is 64.7 Å². The van der Waals surface area contributed by atoms with Gasteiger partial charge in [-0.25, -0.2) is 9.37 Å². The molecule has 6 N–H and O–H groups in total. The zero-order chi connectivity index (χ0) is 23.4. The summed E-state index contributed by atoms with van der Waals surface area (Å²) < 4.78 is 13.4. The summed E-state index contributed by atoms with van der Waals surface area (Å²) in [6, 6.07) is 13.1. The van der Waals surface area contributed by atoms with E-state index < -0.39 is 6.67 Å². The lowest BCUT2D eigenvalue weighted by Gasteiger charge is -2.23. The first-order valence-corrected chi connectivity index (χ1v) is 11.1. The van der Waals surface area contributed by atoms with Gasteiger partial charge in [0.2, 0.25) is 0 Å². The van der Waals surface area contributed by atoms with Crippen LogP contribution >= 0.6 is 11.6 Å². The first kappa shape index (κ1) is 22.8. The van der Waals surface area contributed by atoms with E-state index in [0.717, 1.165) is 25.9 Å². The number of benzene rings is 2. The number of hydrogen-bond acceptors (Lipinski definition) is 6. The molecule has 0 unspecified atom stereocenters. The van der Waals surface area contributed by atoms with Gasteiger partial charge in [-0.3, -0.25) is 4.79 Å². The maximum absolute atomic E-state index is 13.4. The van der Waals surface area contributed by atoms with Crippen LogP contribution < -0.4 is 21.7 Å². The Labute approximate surface area is 196 Å². The third kappa shape index (κ3) is 5.35. The maximum atomic E-state index is 13.4. The normalized spacial score (nSPS) is 14.1. The number of carbonyl (C=O) groups is 1. The SMILES string of the molecule is Nc1nc(-c2cc(Nc3ccc(Cl)cc3CF)ccc2O)ccc1C(=O)NC1CCNCC1. The highest BCUT2D eigenvalue weighted by atomic mass is 35.5. The maximum Gasteiger partial charge on any atom is 0.255 e. The Balaban J connectivity index is 1.56. The van der Waals surface area contributed by atoms with Crippen molar-refractivity contribution in [3.63, 3.8) is 0 Å². The number of aromatic hydroxyl groups is 1. The van der Waals surface area contributed by atoms with Crippen LogP contribution in [0.3, 0.4) is 0 Å². The standard InChI is InChI=1S/C24H25ClFN5O2/c25-15-1-4-20(14(11-15)13-26)29-17-2-6-22(32)19(12-17)21-5-3-18(23(27)31-21)24(33)30-16-7-9-28-10-8-16/h1-6,11-12,16,28-29,32H,7-10,13H2,(H2,27,31)(H,30,33). The number of rotatable bonds is 6. The number of anilines is 3. The molecule has 172 valence electrons. The fraction of sp³-hybridized carbons (Fsp3) is 0.250. The number of halogens is 2. The Bertz CT molecular complexity index is 1170. The topological polar surface area (TPSA) is 112 Å². The lowest BCUT2D eigenvalue weighted by atomic mass is 10.1. The Morgan fingerprint density at radius 2 is 1.97 bits per heavy atom. The summed E-state index contributed by atoms with van der Waals surface area (Å²) in [5.74, 6) is -0.185. The summed E-state index contributed by atoms with van der Waals surface area (Å²) in [6.45, 7) is 1.06. The van der Waals surface area contributed by atoms with Crippen LogP contribution in [0, 0.1) is 0 Å². The van der Waals surface area contributed by atoms with Gasteiger partial charge < -0.3 is 26.8 Å². The van der Waals surface area contributed by atoms with E-state index in [1.807, 2.05) is 0 Å². The molecule has 9 heteroatoms. The number of nitrogens with two attached hydrogens (primary N) is 1. The number of nitrogens with one attached hydrogen (secondary N) is 3. The molecule has 0 radical (unpaired) electrons. The number of phenolic OH excluding ortho intramolecular Hbond substituents is 1. The second-order valence-corrected chi connectivity index (χ2v) is 8.36. The Morgan fingerprint density at radius 1 is 1.18 bits per heavy atom. The van der Waals surface area contributed by atoms with Gasteiger partial charge in [-0.2, -0.15) is 0 Å². The fourth-order valence-electron chi connectivity index (χ4n) is 3.82. The summed E-state index contributed by atoms with van der Waals surface area (Å²) in [6.07, 6.45) is 1.73. The quantitative estimate of drug-likeness (QED) is 0.342. The molecule has 2 aromatic carbocycles. The van der Waals surface area contributed by atoms with Crippen molar-refractivity contribution in [1.29, 1.82) is 0 Å². The minimum Gasteiger partial charge on any atom is -0.507 e. The van der Waals surface area contributed by atoms with Gasteiger partial charge in [-0.05, 0) is 74.5 Å². The summed E-state index contributed by atoms with van der Waals surface area (Å²) in [7, 11) is 0. The molecule has 1 aliphatic rings. The number of nitrogens with zero attached hydrogens (tertiary/aromatic N) is 1. The molecule has 1 aromatic heterocycles.